The van der Waals surface area contributed by atoms with Gasteiger partial charge in [-0.1, -0.05) is 90.4 Å². The van der Waals surface area contributed by atoms with E-state index in [1.165, 1.54) is 89.9 Å². The lowest BCUT2D eigenvalue weighted by molar-refractivity contribution is 0.444. The lowest BCUT2D eigenvalue weighted by Gasteiger charge is -2.22. The molecule has 23 heavy (non-hydrogen) atoms. The van der Waals surface area contributed by atoms with Crippen LogP contribution < -0.4 is 0 Å². The molecule has 0 saturated heterocycles. The number of hydrogen-bond acceptors (Lipinski definition) is 3. The first-order valence-corrected chi connectivity index (χ1v) is 10.1. The Balaban J connectivity index is 1.74. The molecule has 0 saturated carbocycles. The summed E-state index contributed by atoms with van der Waals surface area (Å²) < 4.78 is 0. The molecule has 0 amide bonds. The van der Waals surface area contributed by atoms with Gasteiger partial charge < -0.3 is 10.3 Å². The Morgan fingerprint density at radius 3 is 1.78 bits per heavy atom. The molecular weight excluding hydrogens is 282 g/mol. The predicted octanol–water partition coefficient (Wildman–Crippen LogP) is 5.83. The third-order valence-corrected chi connectivity index (χ3v) is 4.72. The van der Waals surface area contributed by atoms with E-state index in [2.05, 4.69) is 16.8 Å². The van der Waals surface area contributed by atoms with Crippen molar-refractivity contribution in [3.8, 4) is 0 Å². The summed E-state index contributed by atoms with van der Waals surface area (Å²) in [4.78, 5) is 6.39. The second-order valence-electron chi connectivity index (χ2n) is 7.13. The summed E-state index contributed by atoms with van der Waals surface area (Å²) in [6.45, 7) is 4.76. The van der Waals surface area contributed by atoms with Crippen LogP contribution in [0.15, 0.2) is 4.99 Å². The third kappa shape index (κ3) is 12.3. The third-order valence-electron chi connectivity index (χ3n) is 4.72. The standard InChI is InChI=1S/C20H39N3/c1-2-3-4-5-6-7-8-9-10-11-12-13-14-15-16-23-18-20(21)17-22-19-23/h19,21H,2-18H2,1H3. The zero-order valence-corrected chi connectivity index (χ0v) is 15.5. The second-order valence-corrected chi connectivity index (χ2v) is 7.13. The number of hydrogen-bond donors (Lipinski definition) is 1. The summed E-state index contributed by atoms with van der Waals surface area (Å²) in [7, 11) is 0. The van der Waals surface area contributed by atoms with Crippen LogP contribution in [-0.2, 0) is 0 Å². The lowest BCUT2D eigenvalue weighted by atomic mass is 10.0. The van der Waals surface area contributed by atoms with Crippen LogP contribution >= 0.6 is 0 Å². The van der Waals surface area contributed by atoms with E-state index in [4.69, 9.17) is 5.41 Å². The number of rotatable bonds is 15. The van der Waals surface area contributed by atoms with Crippen LogP contribution in [0, 0.1) is 5.41 Å². The molecule has 0 fully saturated rings. The molecule has 0 bridgehead atoms. The molecule has 0 aromatic heterocycles. The number of unbranched alkanes of at least 4 members (excludes halogenated alkanes) is 13. The van der Waals surface area contributed by atoms with Gasteiger partial charge in [-0.25, -0.2) is 0 Å². The zero-order chi connectivity index (χ0) is 16.6. The second kappa shape index (κ2) is 14.7. The molecule has 1 N–H and O–H groups in total. The minimum absolute atomic E-state index is 0.606. The maximum atomic E-state index is 7.65. The summed E-state index contributed by atoms with van der Waals surface area (Å²) in [6.07, 6.45) is 21.6. The molecule has 0 atom stereocenters. The van der Waals surface area contributed by atoms with Crippen LogP contribution in [0.3, 0.4) is 0 Å². The van der Waals surface area contributed by atoms with Gasteiger partial charge in [-0.3, -0.25) is 4.99 Å². The Bertz CT molecular complexity index is 312. The van der Waals surface area contributed by atoms with Gasteiger partial charge in [0.25, 0.3) is 0 Å². The van der Waals surface area contributed by atoms with Gasteiger partial charge in [0.2, 0.25) is 0 Å². The minimum Gasteiger partial charge on any atom is -0.357 e. The molecule has 1 heterocycles. The molecular formula is C20H39N3. The normalized spacial score (nSPS) is 14.7. The van der Waals surface area contributed by atoms with E-state index in [1.807, 2.05) is 6.34 Å². The Morgan fingerprint density at radius 2 is 1.30 bits per heavy atom. The van der Waals surface area contributed by atoms with Gasteiger partial charge in [0.05, 0.1) is 19.4 Å². The van der Waals surface area contributed by atoms with Crippen LogP contribution in [0.5, 0.6) is 0 Å². The van der Waals surface area contributed by atoms with Crippen molar-refractivity contribution in [2.45, 2.75) is 96.8 Å². The molecule has 0 radical (unpaired) electrons. The van der Waals surface area contributed by atoms with Crippen LogP contribution in [0.25, 0.3) is 0 Å². The fourth-order valence-corrected chi connectivity index (χ4v) is 3.25. The monoisotopic (exact) mass is 321 g/mol. The van der Waals surface area contributed by atoms with Crippen molar-refractivity contribution >= 4 is 12.1 Å². The molecule has 3 nitrogen and oxygen atoms in total. The maximum Gasteiger partial charge on any atom is 0.0857 e. The molecule has 0 aliphatic carbocycles. The molecule has 0 aromatic carbocycles. The first kappa shape index (κ1) is 20.2. The Morgan fingerprint density at radius 1 is 0.826 bits per heavy atom. The van der Waals surface area contributed by atoms with Crippen LogP contribution in [0.4, 0.5) is 0 Å². The van der Waals surface area contributed by atoms with E-state index in [-0.39, 0.29) is 0 Å². The van der Waals surface area contributed by atoms with Crippen LogP contribution in [-0.4, -0.2) is 36.6 Å². The largest absolute Gasteiger partial charge is 0.357 e. The fourth-order valence-electron chi connectivity index (χ4n) is 3.25. The maximum absolute atomic E-state index is 7.65. The average molecular weight is 322 g/mol. The fraction of sp³-hybridized carbons (Fsp3) is 0.900. The number of nitrogens with one attached hydrogen (secondary N) is 1. The van der Waals surface area contributed by atoms with Crippen molar-refractivity contribution in [2.24, 2.45) is 4.99 Å². The minimum atomic E-state index is 0.606. The van der Waals surface area contributed by atoms with Crippen LogP contribution in [0.1, 0.15) is 96.8 Å². The topological polar surface area (TPSA) is 39.5 Å². The van der Waals surface area contributed by atoms with Gasteiger partial charge in [-0.2, -0.15) is 0 Å². The molecule has 1 aliphatic rings. The smallest absolute Gasteiger partial charge is 0.0857 e. The molecule has 0 unspecified atom stereocenters. The van der Waals surface area contributed by atoms with E-state index < -0.39 is 0 Å². The molecule has 0 aromatic rings. The number of aliphatic imine (C=N–C) groups is 1. The van der Waals surface area contributed by atoms with Crippen molar-refractivity contribution in [3.05, 3.63) is 0 Å². The van der Waals surface area contributed by atoms with Gasteiger partial charge in [0.1, 0.15) is 0 Å². The Hall–Kier alpha value is -0.860. The van der Waals surface area contributed by atoms with Gasteiger partial charge >= 0.3 is 0 Å². The van der Waals surface area contributed by atoms with Crippen molar-refractivity contribution < 1.29 is 0 Å². The van der Waals surface area contributed by atoms with Gasteiger partial charge in [0.15, 0.2) is 0 Å². The van der Waals surface area contributed by atoms with Gasteiger partial charge in [-0.05, 0) is 6.42 Å². The zero-order valence-electron chi connectivity index (χ0n) is 15.5. The highest BCUT2D eigenvalue weighted by Gasteiger charge is 2.07. The molecule has 1 rings (SSSR count). The summed E-state index contributed by atoms with van der Waals surface area (Å²) in [5, 5.41) is 7.65. The first-order chi connectivity index (χ1) is 11.3. The molecule has 0 spiro atoms. The van der Waals surface area contributed by atoms with E-state index in [0.29, 0.717) is 6.54 Å². The SMILES string of the molecule is CCCCCCCCCCCCCCCCN1C=NCC(=N)C1. The van der Waals surface area contributed by atoms with E-state index >= 15 is 0 Å². The number of nitrogens with zero attached hydrogens (tertiary/aromatic N) is 2. The van der Waals surface area contributed by atoms with E-state index in [1.54, 1.807) is 0 Å². The van der Waals surface area contributed by atoms with E-state index in [0.717, 1.165) is 18.8 Å². The lowest BCUT2D eigenvalue weighted by Crippen LogP contribution is -2.34. The van der Waals surface area contributed by atoms with Crippen molar-refractivity contribution in [2.75, 3.05) is 19.6 Å². The van der Waals surface area contributed by atoms with Gasteiger partial charge in [0, 0.05) is 12.3 Å². The quantitative estimate of drug-likeness (QED) is 0.379. The predicted molar refractivity (Wildman–Crippen MR) is 103 cm³/mol. The summed E-state index contributed by atoms with van der Waals surface area (Å²) >= 11 is 0. The highest BCUT2D eigenvalue weighted by molar-refractivity contribution is 5.89. The van der Waals surface area contributed by atoms with Crippen molar-refractivity contribution in [1.29, 1.82) is 5.41 Å². The Labute approximate surface area is 144 Å². The van der Waals surface area contributed by atoms with Crippen molar-refractivity contribution in [3.63, 3.8) is 0 Å². The summed E-state index contributed by atoms with van der Waals surface area (Å²) in [5.74, 6) is 0. The van der Waals surface area contributed by atoms with Crippen molar-refractivity contribution in [1.82, 2.24) is 4.90 Å². The van der Waals surface area contributed by atoms with Crippen LogP contribution in [0.2, 0.25) is 0 Å². The first-order valence-electron chi connectivity index (χ1n) is 10.1. The highest BCUT2D eigenvalue weighted by Crippen LogP contribution is 2.13. The summed E-state index contributed by atoms with van der Waals surface area (Å²) in [6, 6.07) is 0. The Kier molecular flexibility index (Phi) is 12.9. The summed E-state index contributed by atoms with van der Waals surface area (Å²) in [5.41, 5.74) is 0.748. The highest BCUT2D eigenvalue weighted by atomic mass is 15.2. The van der Waals surface area contributed by atoms with E-state index in [9.17, 15) is 0 Å². The van der Waals surface area contributed by atoms with Gasteiger partial charge in [-0.15, -0.1) is 0 Å². The molecule has 134 valence electrons. The average Bonchev–Trinajstić information content (AvgIpc) is 2.55. The molecule has 3 heteroatoms. The molecule has 1 aliphatic heterocycles.